The van der Waals surface area contributed by atoms with Crippen molar-refractivity contribution in [2.45, 2.75) is 19.3 Å². The molecule has 1 heterocycles. The Kier molecular flexibility index (Phi) is 4.73. The van der Waals surface area contributed by atoms with Crippen molar-refractivity contribution in [1.29, 1.82) is 0 Å². The molecule has 1 unspecified atom stereocenters. The van der Waals surface area contributed by atoms with Gasteiger partial charge in [0.1, 0.15) is 5.75 Å². The molecule has 1 aromatic carbocycles. The minimum absolute atomic E-state index is 0.480. The van der Waals surface area contributed by atoms with Crippen LogP contribution in [0.1, 0.15) is 30.4 Å². The summed E-state index contributed by atoms with van der Waals surface area (Å²) in [5.74, 6) is 1.40. The Labute approximate surface area is 114 Å². The molecule has 2 rings (SSSR count). The van der Waals surface area contributed by atoms with Crippen molar-refractivity contribution in [2.75, 3.05) is 7.11 Å². The third-order valence-corrected chi connectivity index (χ3v) is 3.17. The fraction of sp³-hybridized carbons (Fsp3) is 0.235. The van der Waals surface area contributed by atoms with E-state index in [4.69, 9.17) is 4.74 Å². The molecular weight excluding hydrogens is 234 g/mol. The summed E-state index contributed by atoms with van der Waals surface area (Å²) in [6, 6.07) is 12.3. The van der Waals surface area contributed by atoms with E-state index in [0.29, 0.717) is 5.92 Å². The Balaban J connectivity index is 1.97. The van der Waals surface area contributed by atoms with Gasteiger partial charge in [0.2, 0.25) is 0 Å². The summed E-state index contributed by atoms with van der Waals surface area (Å²) in [6.45, 7) is 2.23. The Morgan fingerprint density at radius 2 is 2.00 bits per heavy atom. The first kappa shape index (κ1) is 13.3. The molecule has 0 aliphatic carbocycles. The van der Waals surface area contributed by atoms with Gasteiger partial charge in [0.05, 0.1) is 7.11 Å². The van der Waals surface area contributed by atoms with E-state index in [1.54, 1.807) is 7.11 Å². The second kappa shape index (κ2) is 6.74. The lowest BCUT2D eigenvalue weighted by molar-refractivity contribution is 0.414. The number of methoxy groups -OCH3 is 1. The zero-order chi connectivity index (χ0) is 13.5. The highest BCUT2D eigenvalue weighted by molar-refractivity contribution is 5.48. The SMILES string of the molecule is COc1cccc(C(C)CC=Cc2ccncc2)c1. The van der Waals surface area contributed by atoms with E-state index in [0.717, 1.165) is 12.2 Å². The van der Waals surface area contributed by atoms with Gasteiger partial charge >= 0.3 is 0 Å². The number of hydrogen-bond donors (Lipinski definition) is 0. The number of benzene rings is 1. The maximum absolute atomic E-state index is 5.25. The maximum Gasteiger partial charge on any atom is 0.119 e. The molecule has 2 heteroatoms. The van der Waals surface area contributed by atoms with Gasteiger partial charge in [-0.3, -0.25) is 4.98 Å². The number of aromatic nitrogens is 1. The van der Waals surface area contributed by atoms with Crippen LogP contribution in [0, 0.1) is 0 Å². The largest absolute Gasteiger partial charge is 0.497 e. The van der Waals surface area contributed by atoms with Gasteiger partial charge in [0.15, 0.2) is 0 Å². The van der Waals surface area contributed by atoms with Gasteiger partial charge < -0.3 is 4.74 Å². The van der Waals surface area contributed by atoms with Gasteiger partial charge in [-0.2, -0.15) is 0 Å². The standard InChI is InChI=1S/C17H19NO/c1-14(16-7-4-8-17(13-16)19-2)5-3-6-15-9-11-18-12-10-15/h3-4,6-14H,5H2,1-2H3. The maximum atomic E-state index is 5.25. The zero-order valence-electron chi connectivity index (χ0n) is 11.4. The fourth-order valence-electron chi connectivity index (χ4n) is 1.97. The van der Waals surface area contributed by atoms with Gasteiger partial charge in [0.25, 0.3) is 0 Å². The summed E-state index contributed by atoms with van der Waals surface area (Å²) >= 11 is 0. The van der Waals surface area contributed by atoms with E-state index in [1.807, 2.05) is 36.7 Å². The molecule has 0 spiro atoms. The number of pyridine rings is 1. The van der Waals surface area contributed by atoms with Crippen LogP contribution in [-0.2, 0) is 0 Å². The lowest BCUT2D eigenvalue weighted by Gasteiger charge is -2.10. The summed E-state index contributed by atoms with van der Waals surface area (Å²) in [6.07, 6.45) is 8.98. The van der Waals surface area contributed by atoms with Crippen LogP contribution in [0.15, 0.2) is 54.9 Å². The molecule has 0 aliphatic rings. The molecule has 2 aromatic rings. The smallest absolute Gasteiger partial charge is 0.119 e. The van der Waals surface area contributed by atoms with Crippen LogP contribution in [0.4, 0.5) is 0 Å². The zero-order valence-corrected chi connectivity index (χ0v) is 11.4. The minimum Gasteiger partial charge on any atom is -0.497 e. The predicted octanol–water partition coefficient (Wildman–Crippen LogP) is 4.30. The number of nitrogens with zero attached hydrogens (tertiary/aromatic N) is 1. The molecular formula is C17H19NO. The van der Waals surface area contributed by atoms with Gasteiger partial charge in [-0.15, -0.1) is 0 Å². The van der Waals surface area contributed by atoms with Crippen molar-refractivity contribution in [3.05, 3.63) is 66.0 Å². The van der Waals surface area contributed by atoms with E-state index in [1.165, 1.54) is 11.1 Å². The average Bonchev–Trinajstić information content (AvgIpc) is 2.48. The highest BCUT2D eigenvalue weighted by Gasteiger charge is 2.04. The number of allylic oxidation sites excluding steroid dienone is 1. The molecule has 1 atom stereocenters. The van der Waals surface area contributed by atoms with Gasteiger partial charge in [-0.05, 0) is 47.7 Å². The molecule has 0 saturated carbocycles. The molecule has 2 nitrogen and oxygen atoms in total. The van der Waals surface area contributed by atoms with Crippen molar-refractivity contribution in [3.8, 4) is 5.75 Å². The van der Waals surface area contributed by atoms with Crippen LogP contribution < -0.4 is 4.74 Å². The van der Waals surface area contributed by atoms with Crippen molar-refractivity contribution >= 4 is 6.08 Å². The molecule has 1 aromatic heterocycles. The third kappa shape index (κ3) is 3.95. The first-order valence-corrected chi connectivity index (χ1v) is 6.50. The van der Waals surface area contributed by atoms with Crippen LogP contribution in [0.2, 0.25) is 0 Å². The van der Waals surface area contributed by atoms with E-state index >= 15 is 0 Å². The van der Waals surface area contributed by atoms with Crippen LogP contribution in [-0.4, -0.2) is 12.1 Å². The Hall–Kier alpha value is -2.09. The summed E-state index contributed by atoms with van der Waals surface area (Å²) < 4.78 is 5.25. The number of ether oxygens (including phenoxy) is 1. The van der Waals surface area contributed by atoms with Crippen molar-refractivity contribution in [1.82, 2.24) is 4.98 Å². The Bertz CT molecular complexity index is 534. The molecule has 0 bridgehead atoms. The monoisotopic (exact) mass is 253 g/mol. The minimum atomic E-state index is 0.480. The summed E-state index contributed by atoms with van der Waals surface area (Å²) in [5, 5.41) is 0. The first-order chi connectivity index (χ1) is 9.29. The summed E-state index contributed by atoms with van der Waals surface area (Å²) in [4.78, 5) is 4.01. The summed E-state index contributed by atoms with van der Waals surface area (Å²) in [7, 11) is 1.70. The molecule has 0 amide bonds. The van der Waals surface area contributed by atoms with Gasteiger partial charge in [-0.1, -0.05) is 31.2 Å². The van der Waals surface area contributed by atoms with Crippen molar-refractivity contribution < 1.29 is 4.74 Å². The van der Waals surface area contributed by atoms with Crippen LogP contribution in [0.3, 0.4) is 0 Å². The third-order valence-electron chi connectivity index (χ3n) is 3.17. The lowest BCUT2D eigenvalue weighted by atomic mass is 9.97. The predicted molar refractivity (Wildman–Crippen MR) is 79.3 cm³/mol. The number of rotatable bonds is 5. The molecule has 0 N–H and O–H groups in total. The van der Waals surface area contributed by atoms with Gasteiger partial charge in [-0.25, -0.2) is 0 Å². The Morgan fingerprint density at radius 1 is 1.21 bits per heavy atom. The molecule has 0 fully saturated rings. The first-order valence-electron chi connectivity index (χ1n) is 6.50. The molecule has 0 radical (unpaired) electrons. The second-order valence-electron chi connectivity index (χ2n) is 4.60. The quantitative estimate of drug-likeness (QED) is 0.792. The molecule has 0 aliphatic heterocycles. The normalized spacial score (nSPS) is 12.5. The van der Waals surface area contributed by atoms with Crippen molar-refractivity contribution in [3.63, 3.8) is 0 Å². The van der Waals surface area contributed by atoms with Crippen LogP contribution in [0.25, 0.3) is 6.08 Å². The molecule has 98 valence electrons. The highest BCUT2D eigenvalue weighted by atomic mass is 16.5. The summed E-state index contributed by atoms with van der Waals surface area (Å²) in [5.41, 5.74) is 2.49. The van der Waals surface area contributed by atoms with E-state index in [-0.39, 0.29) is 0 Å². The van der Waals surface area contributed by atoms with E-state index < -0.39 is 0 Å². The average molecular weight is 253 g/mol. The van der Waals surface area contributed by atoms with Crippen LogP contribution in [0.5, 0.6) is 5.75 Å². The fourth-order valence-corrected chi connectivity index (χ4v) is 1.97. The van der Waals surface area contributed by atoms with Crippen LogP contribution >= 0.6 is 0 Å². The topological polar surface area (TPSA) is 22.1 Å². The number of hydrogen-bond acceptors (Lipinski definition) is 2. The second-order valence-corrected chi connectivity index (χ2v) is 4.60. The lowest BCUT2D eigenvalue weighted by Crippen LogP contribution is -1.92. The molecule has 19 heavy (non-hydrogen) atoms. The van der Waals surface area contributed by atoms with Crippen molar-refractivity contribution in [2.24, 2.45) is 0 Å². The molecule has 0 saturated heterocycles. The highest BCUT2D eigenvalue weighted by Crippen LogP contribution is 2.23. The van der Waals surface area contributed by atoms with E-state index in [9.17, 15) is 0 Å². The van der Waals surface area contributed by atoms with E-state index in [2.05, 4.69) is 36.2 Å². The van der Waals surface area contributed by atoms with Gasteiger partial charge in [0, 0.05) is 12.4 Å². The Morgan fingerprint density at radius 3 is 2.74 bits per heavy atom.